The first-order valence-corrected chi connectivity index (χ1v) is 18.4. The van der Waals surface area contributed by atoms with E-state index in [9.17, 15) is 0 Å². The minimum Gasteiger partial charge on any atom is -0.310 e. The Morgan fingerprint density at radius 3 is 1.79 bits per heavy atom. The van der Waals surface area contributed by atoms with Crippen LogP contribution >= 0.6 is 0 Å². The van der Waals surface area contributed by atoms with E-state index in [2.05, 4.69) is 204 Å². The van der Waals surface area contributed by atoms with Crippen LogP contribution in [-0.4, -0.2) is 4.57 Å². The van der Waals surface area contributed by atoms with E-state index in [0.29, 0.717) is 0 Å². The van der Waals surface area contributed by atoms with Crippen molar-refractivity contribution in [1.29, 1.82) is 0 Å². The second-order valence-electron chi connectivity index (χ2n) is 14.4. The standard InChI is InChI=1S/C51H32N2/c1-3-17-35(18-4-1)52(45-27-13-16-33-15-7-8-21-38(33)45)37-31-34-29-30-47-50-48(34)44(32-37)51(41-24-11-9-22-39(41)40-23-10-12-25-42(40)51)43-26-14-28-46(49(43)50)53(47)36-19-5-2-6-20-36/h1-32H. The maximum Gasteiger partial charge on any atom is 0.0727 e. The highest BCUT2D eigenvalue weighted by Gasteiger charge is 2.50. The average Bonchev–Trinajstić information content (AvgIpc) is 3.72. The smallest absolute Gasteiger partial charge is 0.0727 e. The van der Waals surface area contributed by atoms with Gasteiger partial charge in [0.25, 0.3) is 0 Å². The van der Waals surface area contributed by atoms with Crippen LogP contribution in [0.1, 0.15) is 22.3 Å². The lowest BCUT2D eigenvalue weighted by atomic mass is 9.63. The van der Waals surface area contributed by atoms with Crippen LogP contribution < -0.4 is 4.90 Å². The van der Waals surface area contributed by atoms with Crippen LogP contribution in [-0.2, 0) is 5.41 Å². The predicted octanol–water partition coefficient (Wildman–Crippen LogP) is 13.2. The number of hydrogen-bond donors (Lipinski definition) is 0. The molecular weight excluding hydrogens is 641 g/mol. The zero-order chi connectivity index (χ0) is 34.7. The van der Waals surface area contributed by atoms with Crippen molar-refractivity contribution in [3.05, 3.63) is 216 Å². The molecule has 9 aromatic carbocycles. The normalized spacial score (nSPS) is 13.4. The number of rotatable bonds is 4. The second-order valence-corrected chi connectivity index (χ2v) is 14.4. The molecule has 246 valence electrons. The Hall–Kier alpha value is -6.90. The summed E-state index contributed by atoms with van der Waals surface area (Å²) in [7, 11) is 0. The summed E-state index contributed by atoms with van der Waals surface area (Å²) in [6.45, 7) is 0. The highest BCUT2D eigenvalue weighted by Crippen LogP contribution is 2.63. The first-order valence-electron chi connectivity index (χ1n) is 18.4. The topological polar surface area (TPSA) is 8.17 Å². The van der Waals surface area contributed by atoms with Crippen molar-refractivity contribution in [2.24, 2.45) is 0 Å². The quantitative estimate of drug-likeness (QED) is 0.181. The summed E-state index contributed by atoms with van der Waals surface area (Å²) >= 11 is 0. The number of benzene rings is 9. The van der Waals surface area contributed by atoms with Crippen molar-refractivity contribution in [3.8, 4) is 16.8 Å². The summed E-state index contributed by atoms with van der Waals surface area (Å²) in [5.41, 5.74) is 14.6. The van der Waals surface area contributed by atoms with Gasteiger partial charge in [-0.05, 0) is 104 Å². The van der Waals surface area contributed by atoms with E-state index in [1.54, 1.807) is 0 Å². The van der Waals surface area contributed by atoms with Crippen molar-refractivity contribution in [1.82, 2.24) is 4.57 Å². The molecule has 0 aliphatic heterocycles. The lowest BCUT2D eigenvalue weighted by Gasteiger charge is -2.39. The molecule has 2 aliphatic carbocycles. The zero-order valence-corrected chi connectivity index (χ0v) is 28.9. The van der Waals surface area contributed by atoms with Gasteiger partial charge in [0.1, 0.15) is 0 Å². The van der Waals surface area contributed by atoms with Crippen molar-refractivity contribution < 1.29 is 0 Å². The number of nitrogens with zero attached hydrogens (tertiary/aromatic N) is 2. The van der Waals surface area contributed by atoms with Gasteiger partial charge >= 0.3 is 0 Å². The van der Waals surface area contributed by atoms with Crippen LogP contribution in [0.3, 0.4) is 0 Å². The van der Waals surface area contributed by atoms with E-state index in [0.717, 1.165) is 17.1 Å². The number of fused-ring (bicyclic) bond motifs is 8. The van der Waals surface area contributed by atoms with E-state index in [1.807, 2.05) is 0 Å². The third-order valence-corrected chi connectivity index (χ3v) is 11.9. The van der Waals surface area contributed by atoms with Gasteiger partial charge in [-0.15, -0.1) is 0 Å². The summed E-state index contributed by atoms with van der Waals surface area (Å²) in [6, 6.07) is 72.0. The van der Waals surface area contributed by atoms with E-state index in [1.165, 1.54) is 82.4 Å². The van der Waals surface area contributed by atoms with E-state index in [4.69, 9.17) is 0 Å². The molecule has 2 aliphatic rings. The van der Waals surface area contributed by atoms with Gasteiger partial charge in [0.2, 0.25) is 0 Å². The van der Waals surface area contributed by atoms with Crippen molar-refractivity contribution in [2.75, 3.05) is 4.90 Å². The molecular formula is C51H32N2. The molecule has 0 fully saturated rings. The Kier molecular flexibility index (Phi) is 5.73. The van der Waals surface area contributed by atoms with Gasteiger partial charge < -0.3 is 9.47 Å². The van der Waals surface area contributed by atoms with Gasteiger partial charge in [-0.25, -0.2) is 0 Å². The molecule has 2 heteroatoms. The summed E-state index contributed by atoms with van der Waals surface area (Å²) in [5.74, 6) is 0. The Bertz CT molecular complexity index is 3070. The van der Waals surface area contributed by atoms with E-state index in [-0.39, 0.29) is 0 Å². The largest absolute Gasteiger partial charge is 0.310 e. The molecule has 0 N–H and O–H groups in total. The molecule has 1 spiro atoms. The summed E-state index contributed by atoms with van der Waals surface area (Å²) in [4.78, 5) is 2.47. The fourth-order valence-electron chi connectivity index (χ4n) is 9.96. The van der Waals surface area contributed by atoms with Crippen LogP contribution in [0.2, 0.25) is 0 Å². The Morgan fingerprint density at radius 2 is 1.00 bits per heavy atom. The zero-order valence-electron chi connectivity index (χ0n) is 28.9. The lowest BCUT2D eigenvalue weighted by Crippen LogP contribution is -2.31. The molecule has 1 aromatic heterocycles. The minimum atomic E-state index is -0.522. The summed E-state index contributed by atoms with van der Waals surface area (Å²) < 4.78 is 2.48. The maximum absolute atomic E-state index is 2.52. The van der Waals surface area contributed by atoms with Crippen molar-refractivity contribution >= 4 is 60.4 Å². The van der Waals surface area contributed by atoms with Crippen LogP contribution in [0.25, 0.3) is 60.2 Å². The van der Waals surface area contributed by atoms with E-state index < -0.39 is 5.41 Å². The molecule has 53 heavy (non-hydrogen) atoms. The SMILES string of the molecule is c1ccc(N(c2cc3c4c(ccc5c4c4c(cccc4n5-c4ccccc4)C34c3ccccc3-c3ccccc34)c2)c2cccc3ccccc23)cc1. The molecule has 2 nitrogen and oxygen atoms in total. The van der Waals surface area contributed by atoms with Gasteiger partial charge in [0.05, 0.1) is 22.1 Å². The van der Waals surface area contributed by atoms with Gasteiger partial charge in [-0.1, -0.05) is 140 Å². The van der Waals surface area contributed by atoms with Gasteiger partial charge in [-0.2, -0.15) is 0 Å². The van der Waals surface area contributed by atoms with Crippen LogP contribution in [0.15, 0.2) is 194 Å². The lowest BCUT2D eigenvalue weighted by molar-refractivity contribution is 0.783. The molecule has 0 amide bonds. The molecule has 0 radical (unpaired) electrons. The molecule has 0 unspecified atom stereocenters. The number of aromatic nitrogens is 1. The summed E-state index contributed by atoms with van der Waals surface area (Å²) in [5, 5.41) is 7.71. The molecule has 0 saturated carbocycles. The van der Waals surface area contributed by atoms with Gasteiger partial charge in [-0.3, -0.25) is 0 Å². The number of para-hydroxylation sites is 2. The molecule has 0 bridgehead atoms. The maximum atomic E-state index is 2.52. The summed E-state index contributed by atoms with van der Waals surface area (Å²) in [6.07, 6.45) is 0. The van der Waals surface area contributed by atoms with Crippen LogP contribution in [0.5, 0.6) is 0 Å². The minimum absolute atomic E-state index is 0.522. The average molecular weight is 673 g/mol. The van der Waals surface area contributed by atoms with Crippen molar-refractivity contribution in [2.45, 2.75) is 5.41 Å². The van der Waals surface area contributed by atoms with Gasteiger partial charge in [0, 0.05) is 33.2 Å². The van der Waals surface area contributed by atoms with Gasteiger partial charge in [0.15, 0.2) is 0 Å². The molecule has 1 heterocycles. The Balaban J connectivity index is 1.29. The van der Waals surface area contributed by atoms with Crippen molar-refractivity contribution in [3.63, 3.8) is 0 Å². The molecule has 10 aromatic rings. The van der Waals surface area contributed by atoms with E-state index >= 15 is 0 Å². The highest BCUT2D eigenvalue weighted by molar-refractivity contribution is 6.27. The first-order chi connectivity index (χ1) is 26.3. The Labute approximate surface area is 307 Å². The van der Waals surface area contributed by atoms with Crippen LogP contribution in [0, 0.1) is 0 Å². The highest BCUT2D eigenvalue weighted by atomic mass is 15.1. The monoisotopic (exact) mass is 672 g/mol. The fraction of sp³-hybridized carbons (Fsp3) is 0.0196. The predicted molar refractivity (Wildman–Crippen MR) is 221 cm³/mol. The third kappa shape index (κ3) is 3.67. The third-order valence-electron chi connectivity index (χ3n) is 11.9. The fourth-order valence-corrected chi connectivity index (χ4v) is 9.96. The Morgan fingerprint density at radius 1 is 0.377 bits per heavy atom. The van der Waals surface area contributed by atoms with Crippen LogP contribution in [0.4, 0.5) is 17.1 Å². The number of anilines is 3. The second kappa shape index (κ2) is 10.6. The molecule has 0 saturated heterocycles. The first kappa shape index (κ1) is 28.8. The number of hydrogen-bond acceptors (Lipinski definition) is 1. The molecule has 12 rings (SSSR count). The molecule has 0 atom stereocenters.